The lowest BCUT2D eigenvalue weighted by atomic mass is 9.98. The van der Waals surface area contributed by atoms with Crippen LogP contribution in [0.2, 0.25) is 0 Å². The molecule has 1 fully saturated rings. The number of ether oxygens (including phenoxy) is 1. The zero-order valence-corrected chi connectivity index (χ0v) is 13.4. The van der Waals surface area contributed by atoms with E-state index < -0.39 is 0 Å². The van der Waals surface area contributed by atoms with Crippen LogP contribution in [0.25, 0.3) is 0 Å². The first-order valence-corrected chi connectivity index (χ1v) is 7.43. The molecular formula is C16H25ClN2O2. The Balaban J connectivity index is 0.00000220. The zero-order chi connectivity index (χ0) is 14.2. The molecule has 0 bridgehead atoms. The molecule has 21 heavy (non-hydrogen) atoms. The summed E-state index contributed by atoms with van der Waals surface area (Å²) < 4.78 is 5.95. The quantitative estimate of drug-likeness (QED) is 0.848. The molecular weight excluding hydrogens is 288 g/mol. The van der Waals surface area contributed by atoms with Crippen LogP contribution in [0, 0.1) is 0 Å². The maximum Gasteiger partial charge on any atom is 0.238 e. The maximum atomic E-state index is 11.5. The SMILES string of the molecule is CNCC(=O)Nc1cccc(COC2CCCCC2)c1.Cl. The molecule has 0 saturated heterocycles. The van der Waals surface area contributed by atoms with Gasteiger partial charge in [0.15, 0.2) is 0 Å². The predicted molar refractivity (Wildman–Crippen MR) is 87.9 cm³/mol. The Bertz CT molecular complexity index is 434. The van der Waals surface area contributed by atoms with Crippen molar-refractivity contribution >= 4 is 24.0 Å². The van der Waals surface area contributed by atoms with Gasteiger partial charge in [-0.15, -0.1) is 12.4 Å². The van der Waals surface area contributed by atoms with Crippen molar-refractivity contribution in [2.75, 3.05) is 18.9 Å². The van der Waals surface area contributed by atoms with E-state index in [1.807, 2.05) is 24.3 Å². The first-order valence-electron chi connectivity index (χ1n) is 7.43. The van der Waals surface area contributed by atoms with Crippen LogP contribution in [0.3, 0.4) is 0 Å². The van der Waals surface area contributed by atoms with Gasteiger partial charge in [-0.2, -0.15) is 0 Å². The minimum absolute atomic E-state index is 0. The molecule has 2 N–H and O–H groups in total. The minimum Gasteiger partial charge on any atom is -0.374 e. The number of anilines is 1. The fourth-order valence-electron chi connectivity index (χ4n) is 2.55. The normalized spacial score (nSPS) is 15.3. The number of hydrogen-bond donors (Lipinski definition) is 2. The second-order valence-electron chi connectivity index (χ2n) is 5.35. The predicted octanol–water partition coefficient (Wildman–Crippen LogP) is 3.12. The molecule has 118 valence electrons. The molecule has 0 unspecified atom stereocenters. The number of nitrogens with one attached hydrogen (secondary N) is 2. The average molecular weight is 313 g/mol. The third kappa shape index (κ3) is 6.46. The molecule has 2 rings (SSSR count). The van der Waals surface area contributed by atoms with Crippen molar-refractivity contribution in [3.8, 4) is 0 Å². The van der Waals surface area contributed by atoms with Gasteiger partial charge in [0.05, 0.1) is 19.3 Å². The Hall–Kier alpha value is -1.10. The molecule has 0 spiro atoms. The summed E-state index contributed by atoms with van der Waals surface area (Å²) in [7, 11) is 1.76. The van der Waals surface area contributed by atoms with Crippen molar-refractivity contribution in [3.63, 3.8) is 0 Å². The smallest absolute Gasteiger partial charge is 0.238 e. The fourth-order valence-corrected chi connectivity index (χ4v) is 2.55. The van der Waals surface area contributed by atoms with Crippen molar-refractivity contribution < 1.29 is 9.53 Å². The highest BCUT2D eigenvalue weighted by atomic mass is 35.5. The van der Waals surface area contributed by atoms with Gasteiger partial charge in [-0.05, 0) is 37.6 Å². The van der Waals surface area contributed by atoms with E-state index in [2.05, 4.69) is 10.6 Å². The van der Waals surface area contributed by atoms with Crippen LogP contribution < -0.4 is 10.6 Å². The fraction of sp³-hybridized carbons (Fsp3) is 0.562. The summed E-state index contributed by atoms with van der Waals surface area (Å²) in [6, 6.07) is 7.87. The number of rotatable bonds is 6. The van der Waals surface area contributed by atoms with Crippen molar-refractivity contribution in [1.29, 1.82) is 0 Å². The van der Waals surface area contributed by atoms with Crippen LogP contribution in [0.5, 0.6) is 0 Å². The number of benzene rings is 1. The summed E-state index contributed by atoms with van der Waals surface area (Å²) >= 11 is 0. The first kappa shape index (κ1) is 18.0. The third-order valence-corrected chi connectivity index (χ3v) is 3.59. The number of hydrogen-bond acceptors (Lipinski definition) is 3. The lowest BCUT2D eigenvalue weighted by Gasteiger charge is -2.22. The standard InChI is InChI=1S/C16H24N2O2.ClH/c1-17-11-16(19)18-14-7-5-6-13(10-14)12-20-15-8-3-2-4-9-15;/h5-7,10,15,17H,2-4,8-9,11-12H2,1H3,(H,18,19);1H. The van der Waals surface area contributed by atoms with Gasteiger partial charge in [0.1, 0.15) is 0 Å². The Labute approximate surface area is 133 Å². The molecule has 5 heteroatoms. The average Bonchev–Trinajstić information content (AvgIpc) is 2.47. The maximum absolute atomic E-state index is 11.5. The molecule has 0 aromatic heterocycles. The Kier molecular flexibility index (Phi) is 8.35. The van der Waals surface area contributed by atoms with Crippen molar-refractivity contribution in [1.82, 2.24) is 5.32 Å². The number of carbonyl (C=O) groups excluding carboxylic acids is 1. The van der Waals surface area contributed by atoms with E-state index in [1.54, 1.807) is 7.05 Å². The molecule has 0 radical (unpaired) electrons. The van der Waals surface area contributed by atoms with Gasteiger partial charge in [-0.25, -0.2) is 0 Å². The van der Waals surface area contributed by atoms with Gasteiger partial charge in [-0.1, -0.05) is 31.4 Å². The number of amides is 1. The highest BCUT2D eigenvalue weighted by Crippen LogP contribution is 2.22. The summed E-state index contributed by atoms with van der Waals surface area (Å²) in [5.41, 5.74) is 1.94. The van der Waals surface area contributed by atoms with Gasteiger partial charge >= 0.3 is 0 Å². The van der Waals surface area contributed by atoms with E-state index in [0.29, 0.717) is 19.3 Å². The molecule has 1 amide bonds. The van der Waals surface area contributed by atoms with E-state index >= 15 is 0 Å². The molecule has 0 aliphatic heterocycles. The van der Waals surface area contributed by atoms with E-state index in [9.17, 15) is 4.79 Å². The van der Waals surface area contributed by atoms with Crippen LogP contribution >= 0.6 is 12.4 Å². The molecule has 1 aliphatic rings. The van der Waals surface area contributed by atoms with E-state index in [4.69, 9.17) is 4.74 Å². The van der Waals surface area contributed by atoms with Gasteiger partial charge in [-0.3, -0.25) is 4.79 Å². The number of carbonyl (C=O) groups is 1. The molecule has 1 aromatic rings. The molecule has 1 aromatic carbocycles. The van der Waals surface area contributed by atoms with Crippen LogP contribution in [0.15, 0.2) is 24.3 Å². The molecule has 1 aliphatic carbocycles. The topological polar surface area (TPSA) is 50.4 Å². The lowest BCUT2D eigenvalue weighted by molar-refractivity contribution is -0.115. The molecule has 4 nitrogen and oxygen atoms in total. The van der Waals surface area contributed by atoms with Gasteiger partial charge in [0.25, 0.3) is 0 Å². The molecule has 0 atom stereocenters. The highest BCUT2D eigenvalue weighted by Gasteiger charge is 2.13. The number of halogens is 1. The lowest BCUT2D eigenvalue weighted by Crippen LogP contribution is -2.25. The Morgan fingerprint density at radius 2 is 2.05 bits per heavy atom. The van der Waals surface area contributed by atoms with Crippen LogP contribution in [0.1, 0.15) is 37.7 Å². The summed E-state index contributed by atoms with van der Waals surface area (Å²) in [6.45, 7) is 0.948. The third-order valence-electron chi connectivity index (χ3n) is 3.59. The monoisotopic (exact) mass is 312 g/mol. The summed E-state index contributed by atoms with van der Waals surface area (Å²) in [6.07, 6.45) is 6.67. The van der Waals surface area contributed by atoms with E-state index in [0.717, 1.165) is 11.3 Å². The second kappa shape index (κ2) is 9.77. The van der Waals surface area contributed by atoms with Crippen LogP contribution in [0.4, 0.5) is 5.69 Å². The summed E-state index contributed by atoms with van der Waals surface area (Å²) in [5.74, 6) is -0.0298. The van der Waals surface area contributed by atoms with Crippen molar-refractivity contribution in [3.05, 3.63) is 29.8 Å². The van der Waals surface area contributed by atoms with Gasteiger partial charge in [0, 0.05) is 5.69 Å². The van der Waals surface area contributed by atoms with Gasteiger partial charge in [0.2, 0.25) is 5.91 Å². The highest BCUT2D eigenvalue weighted by molar-refractivity contribution is 5.92. The first-order chi connectivity index (χ1) is 9.78. The van der Waals surface area contributed by atoms with Gasteiger partial charge < -0.3 is 15.4 Å². The molecule has 1 saturated carbocycles. The largest absolute Gasteiger partial charge is 0.374 e. The summed E-state index contributed by atoms with van der Waals surface area (Å²) in [4.78, 5) is 11.5. The van der Waals surface area contributed by atoms with Crippen LogP contribution in [-0.4, -0.2) is 25.6 Å². The Morgan fingerprint density at radius 3 is 2.76 bits per heavy atom. The Morgan fingerprint density at radius 1 is 1.29 bits per heavy atom. The second-order valence-corrected chi connectivity index (χ2v) is 5.35. The van der Waals surface area contributed by atoms with Crippen molar-refractivity contribution in [2.24, 2.45) is 0 Å². The van der Waals surface area contributed by atoms with Crippen LogP contribution in [-0.2, 0) is 16.1 Å². The zero-order valence-electron chi connectivity index (χ0n) is 12.6. The summed E-state index contributed by atoms with van der Waals surface area (Å²) in [5, 5.41) is 5.70. The van der Waals surface area contributed by atoms with E-state index in [1.165, 1.54) is 32.1 Å². The minimum atomic E-state index is -0.0298. The number of likely N-dealkylation sites (N-methyl/N-ethyl adjacent to an activating group) is 1. The molecule has 0 heterocycles. The van der Waals surface area contributed by atoms with E-state index in [-0.39, 0.29) is 18.3 Å². The van der Waals surface area contributed by atoms with Crippen molar-refractivity contribution in [2.45, 2.75) is 44.8 Å².